The molecule has 0 spiro atoms. The summed E-state index contributed by atoms with van der Waals surface area (Å²) in [5.41, 5.74) is 6.37. The van der Waals surface area contributed by atoms with Gasteiger partial charge in [-0.1, -0.05) is 81.6 Å². The quantitative estimate of drug-likeness (QED) is 0.366. The summed E-state index contributed by atoms with van der Waals surface area (Å²) in [6.07, 6.45) is 4.90. The number of hydrogen-bond acceptors (Lipinski definition) is 5. The lowest BCUT2D eigenvalue weighted by molar-refractivity contribution is -0.135. The third-order valence-corrected chi connectivity index (χ3v) is 9.58. The molecule has 3 rings (SSSR count). The van der Waals surface area contributed by atoms with Crippen molar-refractivity contribution in [2.45, 2.75) is 75.8 Å². The number of aliphatic hydroxyl groups is 1. The minimum Gasteiger partial charge on any atom is -0.390 e. The number of carbonyl (C=O) groups excluding carboxylic acids is 1. The Morgan fingerprint density at radius 2 is 1.62 bits per heavy atom. The molecule has 4 N–H and O–H groups in total. The summed E-state index contributed by atoms with van der Waals surface area (Å²) in [5.74, 6) is -0.138. The molecular weight excluding hydrogens is 486 g/mol. The Hall–Kier alpha value is -2.26. The Labute approximate surface area is 222 Å². The van der Waals surface area contributed by atoms with E-state index in [4.69, 9.17) is 5.73 Å². The Morgan fingerprint density at radius 3 is 2.19 bits per heavy atom. The fourth-order valence-corrected chi connectivity index (χ4v) is 6.81. The van der Waals surface area contributed by atoms with Crippen molar-refractivity contribution in [1.29, 1.82) is 0 Å². The third kappa shape index (κ3) is 7.63. The highest BCUT2D eigenvalue weighted by Gasteiger charge is 2.40. The number of aliphatic hydroxyl groups excluding tert-OH is 1. The molecule has 37 heavy (non-hydrogen) atoms. The van der Waals surface area contributed by atoms with Crippen molar-refractivity contribution in [2.24, 2.45) is 17.1 Å². The third-order valence-electron chi connectivity index (χ3n) is 7.74. The van der Waals surface area contributed by atoms with Gasteiger partial charge >= 0.3 is 0 Å². The molecule has 8 heteroatoms. The monoisotopic (exact) mass is 529 g/mol. The van der Waals surface area contributed by atoms with Crippen molar-refractivity contribution in [2.75, 3.05) is 19.6 Å². The molecule has 3 atom stereocenters. The Kier molecular flexibility index (Phi) is 10.7. The van der Waals surface area contributed by atoms with Crippen LogP contribution in [0.25, 0.3) is 0 Å². The molecule has 1 unspecified atom stereocenters. The van der Waals surface area contributed by atoms with E-state index < -0.39 is 27.6 Å². The highest BCUT2D eigenvalue weighted by Crippen LogP contribution is 2.39. The average Bonchev–Trinajstić information content (AvgIpc) is 2.93. The second-order valence-electron chi connectivity index (χ2n) is 10.5. The normalized spacial score (nSPS) is 18.2. The topological polar surface area (TPSA) is 113 Å². The zero-order chi connectivity index (χ0) is 26.9. The van der Waals surface area contributed by atoms with Crippen LogP contribution in [0.2, 0.25) is 0 Å². The van der Waals surface area contributed by atoms with Crippen LogP contribution in [-0.2, 0) is 21.2 Å². The van der Waals surface area contributed by atoms with Gasteiger partial charge < -0.3 is 16.2 Å². The van der Waals surface area contributed by atoms with Gasteiger partial charge in [-0.2, -0.15) is 4.31 Å². The van der Waals surface area contributed by atoms with Gasteiger partial charge in [-0.25, -0.2) is 8.42 Å². The molecule has 7 nitrogen and oxygen atoms in total. The average molecular weight is 530 g/mol. The number of benzene rings is 2. The summed E-state index contributed by atoms with van der Waals surface area (Å²) in [5, 5.41) is 14.6. The van der Waals surface area contributed by atoms with E-state index in [0.29, 0.717) is 13.0 Å². The summed E-state index contributed by atoms with van der Waals surface area (Å²) in [7, 11) is -3.87. The molecule has 0 heterocycles. The molecule has 1 fully saturated rings. The molecule has 2 aromatic rings. The van der Waals surface area contributed by atoms with Gasteiger partial charge in [0.1, 0.15) is 0 Å². The lowest BCUT2D eigenvalue weighted by Crippen LogP contribution is -2.54. The van der Waals surface area contributed by atoms with Gasteiger partial charge in [0.2, 0.25) is 15.9 Å². The maximum Gasteiger partial charge on any atom is 0.243 e. The SMILES string of the molecule is CCC1(C(=O)N[C@@H](Cc2ccccc2)[C@H](O)CN(CC(C)CN)S(=O)(=O)c2ccccc2)CCCCC1. The van der Waals surface area contributed by atoms with Crippen molar-refractivity contribution in [1.82, 2.24) is 9.62 Å². The number of nitrogens with two attached hydrogens (primary N) is 1. The fourth-order valence-electron chi connectivity index (χ4n) is 5.21. The Morgan fingerprint density at radius 1 is 1.03 bits per heavy atom. The number of sulfonamides is 1. The van der Waals surface area contributed by atoms with Gasteiger partial charge in [0.25, 0.3) is 0 Å². The summed E-state index contributed by atoms with van der Waals surface area (Å²) >= 11 is 0. The van der Waals surface area contributed by atoms with Crippen LogP contribution in [0.1, 0.15) is 57.9 Å². The highest BCUT2D eigenvalue weighted by molar-refractivity contribution is 7.89. The number of rotatable bonds is 13. The standard InChI is InChI=1S/C29H43N3O4S/c1-3-29(17-11-6-12-18-29)28(34)31-26(19-24-13-7-4-8-14-24)27(33)22-32(21-23(2)20-30)37(35,36)25-15-9-5-10-16-25/h4-5,7-10,13-16,23,26-27,33H,3,6,11-12,17-22,30H2,1-2H3,(H,31,34)/t23?,26-,27+/m0/s1. The second kappa shape index (κ2) is 13.5. The van der Waals surface area contributed by atoms with E-state index in [2.05, 4.69) is 12.2 Å². The van der Waals surface area contributed by atoms with Gasteiger partial charge in [-0.15, -0.1) is 0 Å². The molecule has 0 bridgehead atoms. The highest BCUT2D eigenvalue weighted by atomic mass is 32.2. The van der Waals surface area contributed by atoms with Crippen LogP contribution in [0.4, 0.5) is 0 Å². The van der Waals surface area contributed by atoms with Crippen molar-refractivity contribution < 1.29 is 18.3 Å². The van der Waals surface area contributed by atoms with Crippen molar-refractivity contribution in [3.05, 3.63) is 66.2 Å². The van der Waals surface area contributed by atoms with E-state index in [-0.39, 0.29) is 29.8 Å². The Bertz CT molecular complexity index is 1070. The number of amides is 1. The smallest absolute Gasteiger partial charge is 0.243 e. The van der Waals surface area contributed by atoms with Crippen molar-refractivity contribution in [3.8, 4) is 0 Å². The van der Waals surface area contributed by atoms with E-state index in [1.807, 2.05) is 37.3 Å². The molecule has 2 aromatic carbocycles. The summed E-state index contributed by atoms with van der Waals surface area (Å²) < 4.78 is 28.4. The van der Waals surface area contributed by atoms with E-state index in [0.717, 1.165) is 44.1 Å². The van der Waals surface area contributed by atoms with Crippen LogP contribution < -0.4 is 11.1 Å². The maximum absolute atomic E-state index is 13.6. The largest absolute Gasteiger partial charge is 0.390 e. The second-order valence-corrected chi connectivity index (χ2v) is 12.4. The number of nitrogens with zero attached hydrogens (tertiary/aromatic N) is 1. The molecule has 0 radical (unpaired) electrons. The lowest BCUT2D eigenvalue weighted by Gasteiger charge is -2.38. The molecule has 1 saturated carbocycles. The molecule has 1 aliphatic carbocycles. The van der Waals surface area contributed by atoms with Gasteiger partial charge in [0.15, 0.2) is 0 Å². The number of hydrogen-bond donors (Lipinski definition) is 3. The van der Waals surface area contributed by atoms with Crippen LogP contribution in [0, 0.1) is 11.3 Å². The first-order valence-corrected chi connectivity index (χ1v) is 14.9. The zero-order valence-electron chi connectivity index (χ0n) is 22.2. The molecular formula is C29H43N3O4S. The minimum atomic E-state index is -3.87. The first-order chi connectivity index (χ1) is 17.7. The zero-order valence-corrected chi connectivity index (χ0v) is 23.0. The van der Waals surface area contributed by atoms with E-state index in [1.165, 1.54) is 4.31 Å². The van der Waals surface area contributed by atoms with Crippen LogP contribution in [0.15, 0.2) is 65.6 Å². The maximum atomic E-state index is 13.6. The Balaban J connectivity index is 1.88. The van der Waals surface area contributed by atoms with Crippen LogP contribution in [0.5, 0.6) is 0 Å². The van der Waals surface area contributed by atoms with Crippen molar-refractivity contribution in [3.63, 3.8) is 0 Å². The van der Waals surface area contributed by atoms with Gasteiger partial charge in [0, 0.05) is 18.5 Å². The lowest BCUT2D eigenvalue weighted by atomic mass is 9.71. The van der Waals surface area contributed by atoms with Crippen molar-refractivity contribution >= 4 is 15.9 Å². The summed E-state index contributed by atoms with van der Waals surface area (Å²) in [4.78, 5) is 13.8. The molecule has 1 aliphatic rings. The minimum absolute atomic E-state index is 0.0394. The summed E-state index contributed by atoms with van der Waals surface area (Å²) in [6, 6.07) is 17.3. The summed E-state index contributed by atoms with van der Waals surface area (Å²) in [6.45, 7) is 4.29. The van der Waals surface area contributed by atoms with Crippen LogP contribution in [-0.4, -0.2) is 55.5 Å². The first kappa shape index (κ1) is 29.3. The molecule has 0 aromatic heterocycles. The molecule has 0 aliphatic heterocycles. The molecule has 204 valence electrons. The number of carbonyl (C=O) groups is 1. The predicted octanol–water partition coefficient (Wildman–Crippen LogP) is 3.72. The molecule has 0 saturated heterocycles. The van der Waals surface area contributed by atoms with E-state index >= 15 is 0 Å². The van der Waals surface area contributed by atoms with E-state index in [9.17, 15) is 18.3 Å². The van der Waals surface area contributed by atoms with E-state index in [1.54, 1.807) is 30.3 Å². The number of nitrogens with one attached hydrogen (secondary N) is 1. The molecule has 1 amide bonds. The van der Waals surface area contributed by atoms with Gasteiger partial charge in [-0.05, 0) is 55.8 Å². The fraction of sp³-hybridized carbons (Fsp3) is 0.552. The predicted molar refractivity (Wildman–Crippen MR) is 147 cm³/mol. The van der Waals surface area contributed by atoms with Crippen LogP contribution in [0.3, 0.4) is 0 Å². The van der Waals surface area contributed by atoms with Gasteiger partial charge in [-0.3, -0.25) is 4.79 Å². The first-order valence-electron chi connectivity index (χ1n) is 13.5. The van der Waals surface area contributed by atoms with Gasteiger partial charge in [0.05, 0.1) is 17.0 Å². The van der Waals surface area contributed by atoms with Crippen LogP contribution >= 0.6 is 0 Å².